The summed E-state index contributed by atoms with van der Waals surface area (Å²) in [5.41, 5.74) is 2.50. The van der Waals surface area contributed by atoms with Gasteiger partial charge in [-0.05, 0) is 55.7 Å². The summed E-state index contributed by atoms with van der Waals surface area (Å²) in [6, 6.07) is 6.13. The molecule has 0 bridgehead atoms. The number of nitrogens with zero attached hydrogens (tertiary/aromatic N) is 5. The second-order valence-electron chi connectivity index (χ2n) is 8.21. The standard InChI is InChI=1S/C22H29N5O/c1-3-19-14-20(25-17(2)24-19)26-12-8-22(9-13-26)7-4-21(28)27(16-22)15-18-5-10-23-11-6-18/h5-6,10-11,14H,3-4,7-9,12-13,15-16H2,1-2H3. The van der Waals surface area contributed by atoms with E-state index in [9.17, 15) is 4.79 Å². The van der Waals surface area contributed by atoms with Gasteiger partial charge in [0.15, 0.2) is 0 Å². The molecule has 6 nitrogen and oxygen atoms in total. The number of pyridine rings is 1. The van der Waals surface area contributed by atoms with Crippen molar-refractivity contribution in [3.8, 4) is 0 Å². The molecule has 0 aliphatic carbocycles. The van der Waals surface area contributed by atoms with E-state index in [4.69, 9.17) is 0 Å². The zero-order valence-electron chi connectivity index (χ0n) is 16.9. The van der Waals surface area contributed by atoms with E-state index in [0.717, 1.165) is 68.2 Å². The number of amides is 1. The average Bonchev–Trinajstić information content (AvgIpc) is 2.72. The maximum Gasteiger partial charge on any atom is 0.222 e. The molecule has 28 heavy (non-hydrogen) atoms. The highest BCUT2D eigenvalue weighted by molar-refractivity contribution is 5.77. The Kier molecular flexibility index (Phi) is 5.29. The molecule has 0 atom stereocenters. The predicted octanol–water partition coefficient (Wildman–Crippen LogP) is 3.15. The highest BCUT2D eigenvalue weighted by Gasteiger charge is 2.41. The Balaban J connectivity index is 1.43. The molecule has 2 saturated heterocycles. The zero-order chi connectivity index (χ0) is 19.6. The van der Waals surface area contributed by atoms with Crippen LogP contribution >= 0.6 is 0 Å². The van der Waals surface area contributed by atoms with E-state index >= 15 is 0 Å². The van der Waals surface area contributed by atoms with E-state index in [-0.39, 0.29) is 11.3 Å². The third kappa shape index (κ3) is 4.01. The van der Waals surface area contributed by atoms with Crippen LogP contribution in [0.5, 0.6) is 0 Å². The molecule has 0 aromatic carbocycles. The summed E-state index contributed by atoms with van der Waals surface area (Å²) in [5, 5.41) is 0. The Morgan fingerprint density at radius 3 is 2.57 bits per heavy atom. The number of rotatable bonds is 4. The van der Waals surface area contributed by atoms with Crippen LogP contribution in [0.3, 0.4) is 0 Å². The molecule has 0 saturated carbocycles. The molecule has 2 aromatic rings. The summed E-state index contributed by atoms with van der Waals surface area (Å²) in [7, 11) is 0. The number of hydrogen-bond acceptors (Lipinski definition) is 5. The normalized spacial score (nSPS) is 19.3. The minimum atomic E-state index is 0.243. The second kappa shape index (κ2) is 7.86. The van der Waals surface area contributed by atoms with E-state index in [0.29, 0.717) is 13.0 Å². The monoisotopic (exact) mass is 379 g/mol. The van der Waals surface area contributed by atoms with Gasteiger partial charge in [-0.2, -0.15) is 0 Å². The van der Waals surface area contributed by atoms with Crippen molar-refractivity contribution in [1.82, 2.24) is 19.9 Å². The average molecular weight is 380 g/mol. The Hall–Kier alpha value is -2.50. The van der Waals surface area contributed by atoms with Gasteiger partial charge < -0.3 is 9.80 Å². The molecule has 1 spiro atoms. The van der Waals surface area contributed by atoms with Gasteiger partial charge in [-0.3, -0.25) is 9.78 Å². The van der Waals surface area contributed by atoms with Crippen molar-refractivity contribution in [2.24, 2.45) is 5.41 Å². The molecule has 6 heteroatoms. The van der Waals surface area contributed by atoms with Gasteiger partial charge in [0.05, 0.1) is 0 Å². The summed E-state index contributed by atoms with van der Waals surface area (Å²) < 4.78 is 0. The molecular formula is C22H29N5O. The van der Waals surface area contributed by atoms with Crippen LogP contribution in [-0.2, 0) is 17.8 Å². The third-order valence-electron chi connectivity index (χ3n) is 6.26. The van der Waals surface area contributed by atoms with Gasteiger partial charge in [-0.25, -0.2) is 9.97 Å². The number of carbonyl (C=O) groups excluding carboxylic acids is 1. The van der Waals surface area contributed by atoms with Crippen molar-refractivity contribution in [2.75, 3.05) is 24.5 Å². The van der Waals surface area contributed by atoms with E-state index in [2.05, 4.69) is 37.7 Å². The topological polar surface area (TPSA) is 62.2 Å². The molecular weight excluding hydrogens is 350 g/mol. The van der Waals surface area contributed by atoms with Crippen LogP contribution in [0.2, 0.25) is 0 Å². The molecule has 2 aliphatic rings. The van der Waals surface area contributed by atoms with Crippen LogP contribution in [0.25, 0.3) is 0 Å². The van der Waals surface area contributed by atoms with Crippen molar-refractivity contribution < 1.29 is 4.79 Å². The van der Waals surface area contributed by atoms with E-state index in [1.807, 2.05) is 19.1 Å². The molecule has 2 fully saturated rings. The Morgan fingerprint density at radius 2 is 1.86 bits per heavy atom. The van der Waals surface area contributed by atoms with E-state index in [1.165, 1.54) is 0 Å². The first kappa shape index (κ1) is 18.8. The van der Waals surface area contributed by atoms with Crippen molar-refractivity contribution in [2.45, 2.75) is 52.5 Å². The van der Waals surface area contributed by atoms with Gasteiger partial charge in [-0.1, -0.05) is 6.92 Å². The van der Waals surface area contributed by atoms with Crippen LogP contribution in [-0.4, -0.2) is 45.4 Å². The van der Waals surface area contributed by atoms with Gasteiger partial charge in [0.25, 0.3) is 0 Å². The van der Waals surface area contributed by atoms with E-state index in [1.54, 1.807) is 12.4 Å². The molecule has 2 aliphatic heterocycles. The Bertz CT molecular complexity index is 830. The quantitative estimate of drug-likeness (QED) is 0.817. The number of hydrogen-bond donors (Lipinski definition) is 0. The Labute approximate surface area is 167 Å². The van der Waals surface area contributed by atoms with Gasteiger partial charge in [-0.15, -0.1) is 0 Å². The van der Waals surface area contributed by atoms with Gasteiger partial charge in [0.2, 0.25) is 5.91 Å². The van der Waals surface area contributed by atoms with Crippen LogP contribution in [0.15, 0.2) is 30.6 Å². The fourth-order valence-electron chi connectivity index (χ4n) is 4.53. The number of likely N-dealkylation sites (tertiary alicyclic amines) is 1. The number of piperidine rings is 2. The lowest BCUT2D eigenvalue weighted by atomic mass is 9.72. The van der Waals surface area contributed by atoms with Crippen LogP contribution in [0, 0.1) is 12.3 Å². The highest BCUT2D eigenvalue weighted by Crippen LogP contribution is 2.41. The van der Waals surface area contributed by atoms with Crippen molar-refractivity contribution in [1.29, 1.82) is 0 Å². The summed E-state index contributed by atoms with van der Waals surface area (Å²) in [4.78, 5) is 30.2. The second-order valence-corrected chi connectivity index (χ2v) is 8.21. The number of carbonyl (C=O) groups is 1. The van der Waals surface area contributed by atoms with Gasteiger partial charge in [0.1, 0.15) is 11.6 Å². The first-order valence-electron chi connectivity index (χ1n) is 10.3. The SMILES string of the molecule is CCc1cc(N2CCC3(CCC(=O)N(Cc4ccncc4)C3)CC2)nc(C)n1. The summed E-state index contributed by atoms with van der Waals surface area (Å²) in [6.07, 6.45) is 8.42. The summed E-state index contributed by atoms with van der Waals surface area (Å²) >= 11 is 0. The Morgan fingerprint density at radius 1 is 1.11 bits per heavy atom. The zero-order valence-corrected chi connectivity index (χ0v) is 16.9. The lowest BCUT2D eigenvalue weighted by molar-refractivity contribution is -0.139. The molecule has 1 amide bonds. The molecule has 2 aromatic heterocycles. The minimum Gasteiger partial charge on any atom is -0.356 e. The van der Waals surface area contributed by atoms with Crippen molar-refractivity contribution in [3.63, 3.8) is 0 Å². The lowest BCUT2D eigenvalue weighted by Crippen LogP contribution is -2.51. The van der Waals surface area contributed by atoms with Crippen LogP contribution in [0.1, 0.15) is 49.7 Å². The number of aromatic nitrogens is 3. The fourth-order valence-corrected chi connectivity index (χ4v) is 4.53. The summed E-state index contributed by atoms with van der Waals surface area (Å²) in [6.45, 7) is 7.65. The lowest BCUT2D eigenvalue weighted by Gasteiger charge is -2.47. The van der Waals surface area contributed by atoms with Crippen LogP contribution < -0.4 is 4.90 Å². The molecule has 4 rings (SSSR count). The first-order valence-corrected chi connectivity index (χ1v) is 10.3. The first-order chi connectivity index (χ1) is 13.6. The maximum atomic E-state index is 12.5. The molecule has 148 valence electrons. The predicted molar refractivity (Wildman–Crippen MR) is 109 cm³/mol. The minimum absolute atomic E-state index is 0.243. The maximum absolute atomic E-state index is 12.5. The number of aryl methyl sites for hydroxylation is 2. The molecule has 0 N–H and O–H groups in total. The van der Waals surface area contributed by atoms with E-state index < -0.39 is 0 Å². The van der Waals surface area contributed by atoms with Crippen molar-refractivity contribution in [3.05, 3.63) is 47.7 Å². The highest BCUT2D eigenvalue weighted by atomic mass is 16.2. The summed E-state index contributed by atoms with van der Waals surface area (Å²) in [5.74, 6) is 2.19. The number of anilines is 1. The fraction of sp³-hybridized carbons (Fsp3) is 0.545. The van der Waals surface area contributed by atoms with Gasteiger partial charge in [0, 0.05) is 56.8 Å². The molecule has 0 radical (unpaired) electrons. The van der Waals surface area contributed by atoms with Gasteiger partial charge >= 0.3 is 0 Å². The van der Waals surface area contributed by atoms with Crippen LogP contribution in [0.4, 0.5) is 5.82 Å². The van der Waals surface area contributed by atoms with Crippen molar-refractivity contribution >= 4 is 11.7 Å². The largest absolute Gasteiger partial charge is 0.356 e. The molecule has 0 unspecified atom stereocenters. The molecule has 4 heterocycles. The smallest absolute Gasteiger partial charge is 0.222 e. The third-order valence-corrected chi connectivity index (χ3v) is 6.26.